The van der Waals surface area contributed by atoms with Crippen LogP contribution in [-0.4, -0.2) is 43.2 Å². The molecule has 2 aliphatic rings. The first kappa shape index (κ1) is 36.4. The molecular formula is C39H56O8. The smallest absolute Gasteiger partial charge is 0.173 e. The van der Waals surface area contributed by atoms with Crippen LogP contribution < -0.4 is 9.47 Å². The molecule has 0 spiro atoms. The van der Waals surface area contributed by atoms with Crippen LogP contribution in [0.4, 0.5) is 0 Å². The summed E-state index contributed by atoms with van der Waals surface area (Å²) in [4.78, 5) is 27.7. The minimum atomic E-state index is -0.940. The summed E-state index contributed by atoms with van der Waals surface area (Å²) in [5.41, 5.74) is -0.253. The van der Waals surface area contributed by atoms with Crippen LogP contribution in [0.25, 0.3) is 0 Å². The van der Waals surface area contributed by atoms with Gasteiger partial charge in [-0.25, -0.2) is 0 Å². The molecule has 0 amide bonds. The molecule has 2 heterocycles. The van der Waals surface area contributed by atoms with Gasteiger partial charge in [0.1, 0.15) is 56.8 Å². The van der Waals surface area contributed by atoms with Crippen molar-refractivity contribution in [3.8, 4) is 34.5 Å². The van der Waals surface area contributed by atoms with Crippen LogP contribution in [0.15, 0.2) is 0 Å². The molecule has 2 aromatic carbocycles. The normalized spacial score (nSPS) is 17.8. The highest BCUT2D eigenvalue weighted by atomic mass is 16.5. The van der Waals surface area contributed by atoms with Crippen LogP contribution in [0.5, 0.6) is 34.5 Å². The van der Waals surface area contributed by atoms with E-state index < -0.39 is 40.5 Å². The lowest BCUT2D eigenvalue weighted by atomic mass is 9.77. The Morgan fingerprint density at radius 2 is 1.11 bits per heavy atom. The Morgan fingerprint density at radius 1 is 0.681 bits per heavy atom. The fourth-order valence-corrected chi connectivity index (χ4v) is 6.92. The van der Waals surface area contributed by atoms with Gasteiger partial charge in [-0.05, 0) is 72.1 Å². The number of hydrogen-bond donors (Lipinski definition) is 4. The van der Waals surface area contributed by atoms with Crippen LogP contribution in [0.1, 0.15) is 163 Å². The lowest BCUT2D eigenvalue weighted by molar-refractivity contribution is 0.0764. The molecule has 4 N–H and O–H groups in total. The van der Waals surface area contributed by atoms with Gasteiger partial charge in [-0.15, -0.1) is 0 Å². The van der Waals surface area contributed by atoms with Gasteiger partial charge in [0.25, 0.3) is 0 Å². The Morgan fingerprint density at radius 3 is 1.51 bits per heavy atom. The van der Waals surface area contributed by atoms with Gasteiger partial charge in [-0.1, -0.05) is 60.8 Å². The summed E-state index contributed by atoms with van der Waals surface area (Å²) >= 11 is 0. The van der Waals surface area contributed by atoms with Crippen molar-refractivity contribution in [3.63, 3.8) is 0 Å². The molecule has 2 aliphatic heterocycles. The Kier molecular flexibility index (Phi) is 10.5. The van der Waals surface area contributed by atoms with Gasteiger partial charge >= 0.3 is 0 Å². The number of carbonyl (C=O) groups excluding carboxylic acids is 2. The predicted molar refractivity (Wildman–Crippen MR) is 184 cm³/mol. The maximum atomic E-state index is 14.0. The van der Waals surface area contributed by atoms with Gasteiger partial charge in [-0.3, -0.25) is 9.59 Å². The first-order valence-electron chi connectivity index (χ1n) is 17.5. The fraction of sp³-hybridized carbons (Fsp3) is 0.641. The quantitative estimate of drug-likeness (QED) is 0.132. The molecule has 0 radical (unpaired) electrons. The standard InChI is InChI=1S/C39H56O8/c1-11-22(6)31(41)29-35(45)27(33(43)25-17-19-39(9,10)47-37(25)29)23(15-13-12-14-20(2)3)26-32(42)24-16-18-38(7,8)46-36(24)28(34(26)44)30(40)21(4)5/h20-23,42-45H,11-19H2,1-10H3/t22-,23-/m1/s1. The highest BCUT2D eigenvalue weighted by molar-refractivity contribution is 6.05. The van der Waals surface area contributed by atoms with E-state index in [1.54, 1.807) is 20.8 Å². The number of Topliss-reactive ketones (excluding diaryl/α,β-unsaturated/α-hetero) is 2. The largest absolute Gasteiger partial charge is 0.507 e. The monoisotopic (exact) mass is 652 g/mol. The molecule has 0 unspecified atom stereocenters. The van der Waals surface area contributed by atoms with E-state index >= 15 is 0 Å². The second-order valence-corrected chi connectivity index (χ2v) is 15.7. The van der Waals surface area contributed by atoms with E-state index in [1.807, 2.05) is 34.6 Å². The Bertz CT molecular complexity index is 1530. The molecule has 0 saturated carbocycles. The van der Waals surface area contributed by atoms with Gasteiger partial charge in [0.2, 0.25) is 0 Å². The van der Waals surface area contributed by atoms with Crippen LogP contribution >= 0.6 is 0 Å². The molecule has 260 valence electrons. The Balaban J connectivity index is 2.09. The Labute approximate surface area is 280 Å². The van der Waals surface area contributed by atoms with Crippen molar-refractivity contribution in [1.29, 1.82) is 0 Å². The van der Waals surface area contributed by atoms with Crippen molar-refractivity contribution >= 4 is 11.6 Å². The Hall–Kier alpha value is -3.42. The number of ether oxygens (including phenoxy) is 2. The van der Waals surface area contributed by atoms with E-state index in [0.29, 0.717) is 62.0 Å². The van der Waals surface area contributed by atoms with E-state index in [-0.39, 0.29) is 56.8 Å². The average Bonchev–Trinajstić information content (AvgIpc) is 2.97. The topological polar surface area (TPSA) is 134 Å². The lowest BCUT2D eigenvalue weighted by Crippen LogP contribution is -2.34. The molecule has 47 heavy (non-hydrogen) atoms. The highest BCUT2D eigenvalue weighted by Gasteiger charge is 2.42. The van der Waals surface area contributed by atoms with E-state index in [1.165, 1.54) is 0 Å². The number of unbranched alkanes of at least 4 members (excludes halogenated alkanes) is 1. The van der Waals surface area contributed by atoms with Crippen molar-refractivity contribution in [2.45, 2.75) is 144 Å². The fourth-order valence-electron chi connectivity index (χ4n) is 6.92. The van der Waals surface area contributed by atoms with Crippen molar-refractivity contribution in [3.05, 3.63) is 33.4 Å². The van der Waals surface area contributed by atoms with Gasteiger partial charge in [0.05, 0.1) is 0 Å². The van der Waals surface area contributed by atoms with Crippen molar-refractivity contribution in [1.82, 2.24) is 0 Å². The number of aromatic hydroxyl groups is 4. The van der Waals surface area contributed by atoms with Gasteiger partial charge in [-0.2, -0.15) is 0 Å². The predicted octanol–water partition coefficient (Wildman–Crippen LogP) is 9.13. The summed E-state index contributed by atoms with van der Waals surface area (Å²) in [6.45, 7) is 19.1. The highest BCUT2D eigenvalue weighted by Crippen LogP contribution is 2.57. The second-order valence-electron chi connectivity index (χ2n) is 15.7. The average molecular weight is 653 g/mol. The number of ketones is 2. The summed E-state index contributed by atoms with van der Waals surface area (Å²) in [5.74, 6) is -2.92. The molecule has 2 atom stereocenters. The van der Waals surface area contributed by atoms with Gasteiger partial charge in [0.15, 0.2) is 11.6 Å². The molecule has 4 rings (SSSR count). The lowest BCUT2D eigenvalue weighted by Gasteiger charge is -2.37. The first-order valence-corrected chi connectivity index (χ1v) is 17.5. The third-order valence-electron chi connectivity index (χ3n) is 10.1. The molecule has 0 saturated heterocycles. The first-order chi connectivity index (χ1) is 21.8. The number of phenolic OH excluding ortho intramolecular Hbond substituents is 4. The zero-order valence-corrected chi connectivity index (χ0v) is 30.1. The SMILES string of the molecule is CC[C@@H](C)C(=O)c1c(O)c([C@H](CCCCC(C)C)c2c(O)c3c(c(C(=O)C(C)C)c2O)OC(C)(C)CC3)c(O)c2c1OC(C)(C)CC2. The zero-order valence-electron chi connectivity index (χ0n) is 30.1. The molecule has 0 aromatic heterocycles. The number of benzene rings is 2. The van der Waals surface area contributed by atoms with E-state index in [0.717, 1.165) is 12.8 Å². The molecule has 2 aromatic rings. The summed E-state index contributed by atoms with van der Waals surface area (Å²) < 4.78 is 12.6. The van der Waals surface area contributed by atoms with Crippen LogP contribution in [0.2, 0.25) is 0 Å². The molecule has 0 bridgehead atoms. The van der Waals surface area contributed by atoms with Crippen LogP contribution in [0, 0.1) is 17.8 Å². The van der Waals surface area contributed by atoms with Gasteiger partial charge in [0, 0.05) is 40.0 Å². The maximum absolute atomic E-state index is 14.0. The molecule has 0 fully saturated rings. The number of rotatable bonds is 12. The van der Waals surface area contributed by atoms with Crippen LogP contribution in [-0.2, 0) is 12.8 Å². The van der Waals surface area contributed by atoms with Crippen molar-refractivity contribution < 1.29 is 39.5 Å². The number of phenols is 4. The molecular weight excluding hydrogens is 596 g/mol. The summed E-state index contributed by atoms with van der Waals surface area (Å²) in [7, 11) is 0. The molecule has 0 aliphatic carbocycles. The number of fused-ring (bicyclic) bond motifs is 2. The van der Waals surface area contributed by atoms with E-state index in [4.69, 9.17) is 9.47 Å². The molecule has 8 heteroatoms. The maximum Gasteiger partial charge on any atom is 0.173 e. The summed E-state index contributed by atoms with van der Waals surface area (Å²) in [6, 6.07) is 0. The second kappa shape index (κ2) is 13.6. The van der Waals surface area contributed by atoms with Crippen molar-refractivity contribution in [2.75, 3.05) is 0 Å². The summed E-state index contributed by atoms with van der Waals surface area (Å²) in [5, 5.41) is 48.2. The third-order valence-corrected chi connectivity index (χ3v) is 10.1. The minimum Gasteiger partial charge on any atom is -0.507 e. The summed E-state index contributed by atoms with van der Waals surface area (Å²) in [6.07, 6.45) is 5.24. The zero-order chi connectivity index (χ0) is 35.2. The number of hydrogen-bond acceptors (Lipinski definition) is 8. The van der Waals surface area contributed by atoms with Crippen molar-refractivity contribution in [2.24, 2.45) is 17.8 Å². The molecule has 8 nitrogen and oxygen atoms in total. The van der Waals surface area contributed by atoms with Crippen LogP contribution in [0.3, 0.4) is 0 Å². The van der Waals surface area contributed by atoms with Gasteiger partial charge < -0.3 is 29.9 Å². The van der Waals surface area contributed by atoms with E-state index in [2.05, 4.69) is 13.8 Å². The minimum absolute atomic E-state index is 0.000632. The van der Waals surface area contributed by atoms with E-state index in [9.17, 15) is 30.0 Å². The third kappa shape index (κ3) is 7.07. The number of carbonyl (C=O) groups is 2.